The summed E-state index contributed by atoms with van der Waals surface area (Å²) in [5, 5.41) is 0. The van der Waals surface area contributed by atoms with Gasteiger partial charge in [-0.3, -0.25) is 0 Å². The predicted octanol–water partition coefficient (Wildman–Crippen LogP) is 3.50. The highest BCUT2D eigenvalue weighted by atomic mass is 16.5. The van der Waals surface area contributed by atoms with Crippen molar-refractivity contribution in [3.63, 3.8) is 0 Å². The molecule has 0 spiro atoms. The highest BCUT2D eigenvalue weighted by Gasteiger charge is 1.93. The molecule has 0 aliphatic rings. The number of benzene rings is 1. The molecule has 1 rings (SSSR count). The summed E-state index contributed by atoms with van der Waals surface area (Å²) in [7, 11) is 0. The van der Waals surface area contributed by atoms with Gasteiger partial charge in [-0.2, -0.15) is 0 Å². The van der Waals surface area contributed by atoms with Crippen molar-refractivity contribution in [2.24, 2.45) is 5.73 Å². The van der Waals surface area contributed by atoms with Gasteiger partial charge < -0.3 is 10.5 Å². The summed E-state index contributed by atoms with van der Waals surface area (Å²) in [6.07, 6.45) is 7.53. The average molecular weight is 235 g/mol. The lowest BCUT2D eigenvalue weighted by Gasteiger charge is -2.04. The molecule has 0 saturated heterocycles. The Kier molecular flexibility index (Phi) is 8.61. The zero-order valence-electron chi connectivity index (χ0n) is 10.7. The Morgan fingerprint density at radius 3 is 2.18 bits per heavy atom. The lowest BCUT2D eigenvalue weighted by molar-refractivity contribution is 0.116. The van der Waals surface area contributed by atoms with Crippen LogP contribution in [0, 0.1) is 0 Å². The third-order valence-electron chi connectivity index (χ3n) is 2.85. The van der Waals surface area contributed by atoms with Gasteiger partial charge in [0, 0.05) is 6.61 Å². The molecule has 0 aliphatic carbocycles. The van der Waals surface area contributed by atoms with Crippen molar-refractivity contribution in [3.05, 3.63) is 35.9 Å². The maximum Gasteiger partial charge on any atom is 0.0716 e. The SMILES string of the molecule is NCCCCCCCCOCc1ccccc1. The molecule has 2 heteroatoms. The van der Waals surface area contributed by atoms with Crippen LogP contribution in [0.15, 0.2) is 30.3 Å². The van der Waals surface area contributed by atoms with Crippen molar-refractivity contribution >= 4 is 0 Å². The van der Waals surface area contributed by atoms with Gasteiger partial charge in [0.1, 0.15) is 0 Å². The summed E-state index contributed by atoms with van der Waals surface area (Å²) in [6, 6.07) is 10.3. The van der Waals surface area contributed by atoms with E-state index in [0.29, 0.717) is 0 Å². The monoisotopic (exact) mass is 235 g/mol. The van der Waals surface area contributed by atoms with E-state index in [0.717, 1.165) is 19.8 Å². The number of nitrogens with two attached hydrogens (primary N) is 1. The van der Waals surface area contributed by atoms with E-state index in [4.69, 9.17) is 10.5 Å². The second-order valence-electron chi connectivity index (χ2n) is 4.45. The Balaban J connectivity index is 1.85. The second-order valence-corrected chi connectivity index (χ2v) is 4.45. The van der Waals surface area contributed by atoms with Crippen molar-refractivity contribution in [1.82, 2.24) is 0 Å². The summed E-state index contributed by atoms with van der Waals surface area (Å²) < 4.78 is 5.63. The smallest absolute Gasteiger partial charge is 0.0716 e. The van der Waals surface area contributed by atoms with Crippen molar-refractivity contribution in [1.29, 1.82) is 0 Å². The summed E-state index contributed by atoms with van der Waals surface area (Å²) in [4.78, 5) is 0. The number of unbranched alkanes of at least 4 members (excludes halogenated alkanes) is 5. The highest BCUT2D eigenvalue weighted by Crippen LogP contribution is 2.06. The van der Waals surface area contributed by atoms with Crippen LogP contribution in [0.5, 0.6) is 0 Å². The van der Waals surface area contributed by atoms with Crippen molar-refractivity contribution in [2.45, 2.75) is 45.1 Å². The molecule has 0 amide bonds. The minimum absolute atomic E-state index is 0.744. The molecule has 2 nitrogen and oxygen atoms in total. The third kappa shape index (κ3) is 7.94. The normalized spacial score (nSPS) is 10.6. The quantitative estimate of drug-likeness (QED) is 0.630. The topological polar surface area (TPSA) is 35.2 Å². The van der Waals surface area contributed by atoms with E-state index in [9.17, 15) is 0 Å². The highest BCUT2D eigenvalue weighted by molar-refractivity contribution is 5.13. The van der Waals surface area contributed by atoms with Gasteiger partial charge in [0.25, 0.3) is 0 Å². The van der Waals surface area contributed by atoms with Crippen LogP contribution in [0.1, 0.15) is 44.1 Å². The molecule has 0 heterocycles. The molecule has 0 aliphatic heterocycles. The van der Waals surface area contributed by atoms with Crippen LogP contribution < -0.4 is 5.73 Å². The molecule has 1 aromatic rings. The third-order valence-corrected chi connectivity index (χ3v) is 2.85. The summed E-state index contributed by atoms with van der Waals surface area (Å²) >= 11 is 0. The van der Waals surface area contributed by atoms with Gasteiger partial charge in [-0.1, -0.05) is 56.0 Å². The Hall–Kier alpha value is -0.860. The van der Waals surface area contributed by atoms with E-state index in [1.165, 1.54) is 44.1 Å². The van der Waals surface area contributed by atoms with Gasteiger partial charge in [-0.05, 0) is 24.9 Å². The fraction of sp³-hybridized carbons (Fsp3) is 0.600. The first-order chi connectivity index (χ1) is 8.43. The van der Waals surface area contributed by atoms with Crippen LogP contribution >= 0.6 is 0 Å². The minimum atomic E-state index is 0.744. The summed E-state index contributed by atoms with van der Waals surface area (Å²) in [5.74, 6) is 0. The molecule has 0 radical (unpaired) electrons. The van der Waals surface area contributed by atoms with Gasteiger partial charge in [0.15, 0.2) is 0 Å². The molecule has 0 aromatic heterocycles. The fourth-order valence-corrected chi connectivity index (χ4v) is 1.82. The first-order valence-electron chi connectivity index (χ1n) is 6.75. The molecule has 0 unspecified atom stereocenters. The van der Waals surface area contributed by atoms with Crippen LogP contribution in [-0.2, 0) is 11.3 Å². The molecular weight excluding hydrogens is 210 g/mol. The lowest BCUT2D eigenvalue weighted by Crippen LogP contribution is -1.98. The Labute approximate surface area is 105 Å². The zero-order valence-corrected chi connectivity index (χ0v) is 10.7. The maximum absolute atomic E-state index is 5.63. The standard InChI is InChI=1S/C15H25NO/c16-12-8-3-1-2-4-9-13-17-14-15-10-6-5-7-11-15/h5-7,10-11H,1-4,8-9,12-14,16H2. The van der Waals surface area contributed by atoms with E-state index in [1.807, 2.05) is 6.07 Å². The van der Waals surface area contributed by atoms with E-state index >= 15 is 0 Å². The van der Waals surface area contributed by atoms with E-state index in [1.54, 1.807) is 0 Å². The van der Waals surface area contributed by atoms with E-state index in [2.05, 4.69) is 24.3 Å². The van der Waals surface area contributed by atoms with Crippen LogP contribution in [0.25, 0.3) is 0 Å². The molecule has 2 N–H and O–H groups in total. The second kappa shape index (κ2) is 10.3. The van der Waals surface area contributed by atoms with Gasteiger partial charge in [-0.15, -0.1) is 0 Å². The molecule has 96 valence electrons. The van der Waals surface area contributed by atoms with Crippen molar-refractivity contribution < 1.29 is 4.74 Å². The summed E-state index contributed by atoms with van der Waals surface area (Å²) in [6.45, 7) is 2.46. The molecule has 1 aromatic carbocycles. The van der Waals surface area contributed by atoms with Gasteiger partial charge in [0.05, 0.1) is 6.61 Å². The van der Waals surface area contributed by atoms with E-state index < -0.39 is 0 Å². The number of rotatable bonds is 10. The molecule has 0 bridgehead atoms. The predicted molar refractivity (Wildman–Crippen MR) is 72.9 cm³/mol. The zero-order chi connectivity index (χ0) is 12.2. The Morgan fingerprint density at radius 2 is 1.47 bits per heavy atom. The number of ether oxygens (including phenoxy) is 1. The van der Waals surface area contributed by atoms with Crippen LogP contribution in [0.3, 0.4) is 0 Å². The lowest BCUT2D eigenvalue weighted by atomic mass is 10.1. The number of hydrogen-bond acceptors (Lipinski definition) is 2. The van der Waals surface area contributed by atoms with Crippen molar-refractivity contribution in [2.75, 3.05) is 13.2 Å². The Bertz CT molecular complexity index is 261. The number of hydrogen-bond donors (Lipinski definition) is 1. The molecule has 0 atom stereocenters. The maximum atomic E-state index is 5.63. The average Bonchev–Trinajstić information content (AvgIpc) is 2.38. The van der Waals surface area contributed by atoms with Crippen LogP contribution in [0.2, 0.25) is 0 Å². The van der Waals surface area contributed by atoms with Gasteiger partial charge in [-0.25, -0.2) is 0 Å². The first-order valence-corrected chi connectivity index (χ1v) is 6.75. The van der Waals surface area contributed by atoms with E-state index in [-0.39, 0.29) is 0 Å². The largest absolute Gasteiger partial charge is 0.377 e. The first kappa shape index (κ1) is 14.2. The van der Waals surface area contributed by atoms with Crippen molar-refractivity contribution in [3.8, 4) is 0 Å². The molecular formula is C15H25NO. The van der Waals surface area contributed by atoms with Gasteiger partial charge in [0.2, 0.25) is 0 Å². The van der Waals surface area contributed by atoms with Crippen LogP contribution in [-0.4, -0.2) is 13.2 Å². The van der Waals surface area contributed by atoms with Gasteiger partial charge >= 0.3 is 0 Å². The fourth-order valence-electron chi connectivity index (χ4n) is 1.82. The summed E-state index contributed by atoms with van der Waals surface area (Å²) in [5.41, 5.74) is 6.70. The molecule has 17 heavy (non-hydrogen) atoms. The Morgan fingerprint density at radius 1 is 0.824 bits per heavy atom. The minimum Gasteiger partial charge on any atom is -0.377 e. The van der Waals surface area contributed by atoms with Crippen LogP contribution in [0.4, 0.5) is 0 Å². The molecule has 0 saturated carbocycles. The molecule has 0 fully saturated rings.